The molecular weight excluding hydrogens is 220 g/mol. The predicted molar refractivity (Wildman–Crippen MR) is 67.1 cm³/mol. The molecule has 1 aliphatic carbocycles. The van der Waals surface area contributed by atoms with E-state index in [1.807, 2.05) is 10.8 Å². The number of nitrogens with one attached hydrogen (secondary N) is 1. The SMILES string of the molecule is CC1CCC(n2ccc(=O)[nH]c2=S)CC1C. The van der Waals surface area contributed by atoms with Crippen molar-refractivity contribution >= 4 is 12.2 Å². The van der Waals surface area contributed by atoms with Gasteiger partial charge in [0.2, 0.25) is 0 Å². The van der Waals surface area contributed by atoms with E-state index in [1.54, 1.807) is 6.07 Å². The van der Waals surface area contributed by atoms with E-state index < -0.39 is 0 Å². The van der Waals surface area contributed by atoms with Crippen LogP contribution in [0.4, 0.5) is 0 Å². The average Bonchev–Trinajstić information content (AvgIpc) is 2.22. The van der Waals surface area contributed by atoms with Crippen molar-refractivity contribution in [1.29, 1.82) is 0 Å². The van der Waals surface area contributed by atoms with Gasteiger partial charge in [-0.2, -0.15) is 0 Å². The number of H-pyrrole nitrogens is 1. The third-order valence-corrected chi connectivity index (χ3v) is 4.13. The normalized spacial score (nSPS) is 30.2. The van der Waals surface area contributed by atoms with Crippen molar-refractivity contribution in [1.82, 2.24) is 9.55 Å². The lowest BCUT2D eigenvalue weighted by Gasteiger charge is -2.33. The molecule has 0 spiro atoms. The summed E-state index contributed by atoms with van der Waals surface area (Å²) in [5.74, 6) is 1.53. The van der Waals surface area contributed by atoms with Gasteiger partial charge in [-0.1, -0.05) is 13.8 Å². The van der Waals surface area contributed by atoms with Crippen molar-refractivity contribution in [2.75, 3.05) is 0 Å². The third kappa shape index (κ3) is 2.26. The average molecular weight is 238 g/mol. The molecule has 1 fully saturated rings. The topological polar surface area (TPSA) is 37.8 Å². The second kappa shape index (κ2) is 4.53. The molecule has 1 aromatic rings. The van der Waals surface area contributed by atoms with E-state index in [-0.39, 0.29) is 5.56 Å². The van der Waals surface area contributed by atoms with Crippen molar-refractivity contribution in [2.24, 2.45) is 11.8 Å². The Morgan fingerprint density at radius 2 is 2.12 bits per heavy atom. The van der Waals surface area contributed by atoms with Crippen LogP contribution in [0.25, 0.3) is 0 Å². The summed E-state index contributed by atoms with van der Waals surface area (Å²) in [5.41, 5.74) is -0.113. The summed E-state index contributed by atoms with van der Waals surface area (Å²) >= 11 is 5.20. The Balaban J connectivity index is 2.25. The molecule has 0 saturated heterocycles. The summed E-state index contributed by atoms with van der Waals surface area (Å²) < 4.78 is 2.60. The van der Waals surface area contributed by atoms with Gasteiger partial charge in [-0.15, -0.1) is 0 Å². The number of aromatic amines is 1. The van der Waals surface area contributed by atoms with E-state index in [2.05, 4.69) is 18.8 Å². The minimum atomic E-state index is -0.113. The molecule has 1 aromatic heterocycles. The highest BCUT2D eigenvalue weighted by Crippen LogP contribution is 2.35. The standard InChI is InChI=1S/C12H18N2OS/c1-8-3-4-10(7-9(8)2)14-6-5-11(15)13-12(14)16/h5-6,8-10H,3-4,7H2,1-2H3,(H,13,15,16). The van der Waals surface area contributed by atoms with Crippen LogP contribution < -0.4 is 5.56 Å². The molecule has 1 saturated carbocycles. The molecule has 0 aromatic carbocycles. The molecule has 1 N–H and O–H groups in total. The summed E-state index contributed by atoms with van der Waals surface area (Å²) in [6.45, 7) is 4.61. The van der Waals surface area contributed by atoms with Gasteiger partial charge in [0.05, 0.1) is 0 Å². The first-order valence-corrected chi connectivity index (χ1v) is 6.30. The van der Waals surface area contributed by atoms with Crippen LogP contribution >= 0.6 is 12.2 Å². The summed E-state index contributed by atoms with van der Waals surface area (Å²) in [7, 11) is 0. The molecule has 0 radical (unpaired) electrons. The van der Waals surface area contributed by atoms with Crippen molar-refractivity contribution in [3.8, 4) is 0 Å². The van der Waals surface area contributed by atoms with E-state index in [0.29, 0.717) is 10.8 Å². The summed E-state index contributed by atoms with van der Waals surface area (Å²) in [5, 5.41) is 0. The van der Waals surface area contributed by atoms with E-state index in [4.69, 9.17) is 12.2 Å². The quantitative estimate of drug-likeness (QED) is 0.764. The van der Waals surface area contributed by atoms with Crippen LogP contribution in [0.3, 0.4) is 0 Å². The Kier molecular flexibility index (Phi) is 3.28. The second-order valence-electron chi connectivity index (χ2n) is 4.94. The highest BCUT2D eigenvalue weighted by atomic mass is 32.1. The number of nitrogens with zero attached hydrogens (tertiary/aromatic N) is 1. The van der Waals surface area contributed by atoms with Crippen LogP contribution in [0, 0.1) is 16.6 Å². The first kappa shape index (κ1) is 11.6. The molecular formula is C12H18N2OS. The fraction of sp³-hybridized carbons (Fsp3) is 0.667. The van der Waals surface area contributed by atoms with Crippen LogP contribution in [0.5, 0.6) is 0 Å². The summed E-state index contributed by atoms with van der Waals surface area (Å²) in [4.78, 5) is 13.8. The first-order chi connectivity index (χ1) is 7.58. The van der Waals surface area contributed by atoms with Gasteiger partial charge in [0.1, 0.15) is 0 Å². The highest BCUT2D eigenvalue weighted by molar-refractivity contribution is 7.71. The van der Waals surface area contributed by atoms with Gasteiger partial charge in [0, 0.05) is 18.3 Å². The largest absolute Gasteiger partial charge is 0.322 e. The molecule has 4 heteroatoms. The Morgan fingerprint density at radius 1 is 1.38 bits per heavy atom. The zero-order valence-corrected chi connectivity index (χ0v) is 10.6. The fourth-order valence-corrected chi connectivity index (χ4v) is 2.80. The highest BCUT2D eigenvalue weighted by Gasteiger charge is 2.25. The van der Waals surface area contributed by atoms with Crippen LogP contribution in [0.2, 0.25) is 0 Å². The van der Waals surface area contributed by atoms with Gasteiger partial charge in [-0.25, -0.2) is 0 Å². The summed E-state index contributed by atoms with van der Waals surface area (Å²) in [6.07, 6.45) is 5.38. The lowest BCUT2D eigenvalue weighted by Crippen LogP contribution is -2.25. The molecule has 88 valence electrons. The minimum Gasteiger partial charge on any atom is -0.322 e. The maximum Gasteiger partial charge on any atom is 0.251 e. The minimum absolute atomic E-state index is 0.113. The van der Waals surface area contributed by atoms with Gasteiger partial charge < -0.3 is 4.57 Å². The Bertz CT molecular complexity index is 476. The second-order valence-corrected chi connectivity index (χ2v) is 5.33. The van der Waals surface area contributed by atoms with E-state index in [0.717, 1.165) is 24.7 Å². The van der Waals surface area contributed by atoms with E-state index in [1.165, 1.54) is 6.42 Å². The molecule has 0 aliphatic heterocycles. The Hall–Kier alpha value is -0.900. The Morgan fingerprint density at radius 3 is 2.75 bits per heavy atom. The van der Waals surface area contributed by atoms with Gasteiger partial charge in [0.15, 0.2) is 4.77 Å². The number of rotatable bonds is 1. The van der Waals surface area contributed by atoms with Crippen molar-refractivity contribution < 1.29 is 0 Å². The molecule has 1 heterocycles. The van der Waals surface area contributed by atoms with Gasteiger partial charge in [0.25, 0.3) is 5.56 Å². The smallest absolute Gasteiger partial charge is 0.251 e. The molecule has 3 nitrogen and oxygen atoms in total. The molecule has 3 unspecified atom stereocenters. The van der Waals surface area contributed by atoms with E-state index >= 15 is 0 Å². The maximum absolute atomic E-state index is 11.1. The predicted octanol–water partition coefficient (Wildman–Crippen LogP) is 2.90. The number of hydrogen-bond acceptors (Lipinski definition) is 2. The lowest BCUT2D eigenvalue weighted by atomic mass is 9.79. The third-order valence-electron chi connectivity index (χ3n) is 3.82. The Labute approximate surface area is 101 Å². The molecule has 1 aliphatic rings. The monoisotopic (exact) mass is 238 g/mol. The first-order valence-electron chi connectivity index (χ1n) is 5.89. The molecule has 2 rings (SSSR count). The zero-order chi connectivity index (χ0) is 11.7. The van der Waals surface area contributed by atoms with Gasteiger partial charge >= 0.3 is 0 Å². The lowest BCUT2D eigenvalue weighted by molar-refractivity contribution is 0.208. The molecule has 0 amide bonds. The van der Waals surface area contributed by atoms with Crippen LogP contribution in [0.15, 0.2) is 17.1 Å². The van der Waals surface area contributed by atoms with Gasteiger partial charge in [-0.05, 0) is 43.3 Å². The van der Waals surface area contributed by atoms with Gasteiger partial charge in [-0.3, -0.25) is 9.78 Å². The number of hydrogen-bond donors (Lipinski definition) is 1. The number of aromatic nitrogens is 2. The van der Waals surface area contributed by atoms with Crippen molar-refractivity contribution in [3.05, 3.63) is 27.4 Å². The maximum atomic E-state index is 11.1. The zero-order valence-electron chi connectivity index (χ0n) is 9.77. The molecule has 3 atom stereocenters. The summed E-state index contributed by atoms with van der Waals surface area (Å²) in [6, 6.07) is 2.01. The molecule has 16 heavy (non-hydrogen) atoms. The van der Waals surface area contributed by atoms with Crippen LogP contribution in [-0.2, 0) is 0 Å². The van der Waals surface area contributed by atoms with E-state index in [9.17, 15) is 4.79 Å². The molecule has 0 bridgehead atoms. The fourth-order valence-electron chi connectivity index (χ4n) is 2.49. The van der Waals surface area contributed by atoms with Crippen molar-refractivity contribution in [3.63, 3.8) is 0 Å². The van der Waals surface area contributed by atoms with Crippen molar-refractivity contribution in [2.45, 2.75) is 39.2 Å². The van der Waals surface area contributed by atoms with Crippen LogP contribution in [0.1, 0.15) is 39.2 Å². The van der Waals surface area contributed by atoms with Crippen LogP contribution in [-0.4, -0.2) is 9.55 Å².